The highest BCUT2D eigenvalue weighted by Crippen LogP contribution is 2.42. The van der Waals surface area contributed by atoms with Crippen LogP contribution in [0.3, 0.4) is 0 Å². The first-order chi connectivity index (χ1) is 7.52. The molecule has 5 heteroatoms. The SMILES string of the molecule is CC1(C)CC=CC=C1c1cn[nH]c1[N+](=O)[O-]. The third-order valence-electron chi connectivity index (χ3n) is 2.85. The van der Waals surface area contributed by atoms with Crippen molar-refractivity contribution in [2.75, 3.05) is 0 Å². The Morgan fingerprint density at radius 1 is 1.56 bits per heavy atom. The van der Waals surface area contributed by atoms with Gasteiger partial charge < -0.3 is 10.1 Å². The number of hydrogen-bond donors (Lipinski definition) is 1. The number of aromatic amines is 1. The average Bonchev–Trinajstić information content (AvgIpc) is 2.65. The van der Waals surface area contributed by atoms with Crippen LogP contribution >= 0.6 is 0 Å². The Labute approximate surface area is 93.0 Å². The smallest absolute Gasteiger partial charge is 0.350 e. The van der Waals surface area contributed by atoms with Gasteiger partial charge in [-0.25, -0.2) is 0 Å². The fraction of sp³-hybridized carbons (Fsp3) is 0.364. The molecule has 0 fully saturated rings. The van der Waals surface area contributed by atoms with Gasteiger partial charge in [-0.2, -0.15) is 0 Å². The summed E-state index contributed by atoms with van der Waals surface area (Å²) in [6.07, 6.45) is 8.31. The molecule has 1 heterocycles. The Hall–Kier alpha value is -1.91. The molecule has 0 saturated carbocycles. The largest absolute Gasteiger partial charge is 0.358 e. The lowest BCUT2D eigenvalue weighted by molar-refractivity contribution is -0.389. The second-order valence-corrected chi connectivity index (χ2v) is 4.49. The minimum atomic E-state index is -0.433. The van der Waals surface area contributed by atoms with Crippen LogP contribution in [-0.2, 0) is 0 Å². The van der Waals surface area contributed by atoms with Crippen LogP contribution in [0.15, 0.2) is 24.4 Å². The predicted molar refractivity (Wildman–Crippen MR) is 60.8 cm³/mol. The van der Waals surface area contributed by atoms with E-state index in [0.29, 0.717) is 5.56 Å². The van der Waals surface area contributed by atoms with Crippen molar-refractivity contribution in [2.45, 2.75) is 20.3 Å². The molecule has 16 heavy (non-hydrogen) atoms. The van der Waals surface area contributed by atoms with Crippen molar-refractivity contribution >= 4 is 11.4 Å². The van der Waals surface area contributed by atoms with E-state index in [1.807, 2.05) is 12.2 Å². The highest BCUT2D eigenvalue weighted by Gasteiger charge is 2.30. The number of allylic oxidation sites excluding steroid dienone is 4. The first-order valence-electron chi connectivity index (χ1n) is 5.08. The predicted octanol–water partition coefficient (Wildman–Crippen LogP) is 2.69. The Morgan fingerprint density at radius 2 is 2.31 bits per heavy atom. The van der Waals surface area contributed by atoms with Crippen LogP contribution in [0.4, 0.5) is 5.82 Å². The number of H-pyrrole nitrogens is 1. The number of nitrogens with zero attached hydrogens (tertiary/aromatic N) is 2. The van der Waals surface area contributed by atoms with Crippen LogP contribution in [0.5, 0.6) is 0 Å². The fourth-order valence-electron chi connectivity index (χ4n) is 1.93. The molecule has 1 aliphatic carbocycles. The molecule has 1 aromatic rings. The molecular weight excluding hydrogens is 206 g/mol. The average molecular weight is 219 g/mol. The molecule has 0 spiro atoms. The van der Waals surface area contributed by atoms with E-state index in [2.05, 4.69) is 30.1 Å². The summed E-state index contributed by atoms with van der Waals surface area (Å²) in [4.78, 5) is 10.4. The van der Waals surface area contributed by atoms with Crippen molar-refractivity contribution in [3.63, 3.8) is 0 Å². The molecule has 0 atom stereocenters. The summed E-state index contributed by atoms with van der Waals surface area (Å²) in [6.45, 7) is 4.14. The van der Waals surface area contributed by atoms with Crippen LogP contribution in [0.25, 0.3) is 5.57 Å². The molecule has 0 amide bonds. The zero-order chi connectivity index (χ0) is 11.8. The van der Waals surface area contributed by atoms with Crippen LogP contribution in [0.1, 0.15) is 25.8 Å². The minimum absolute atomic E-state index is 0.0328. The summed E-state index contributed by atoms with van der Waals surface area (Å²) in [5, 5.41) is 17.0. The van der Waals surface area contributed by atoms with Crippen molar-refractivity contribution in [1.29, 1.82) is 0 Å². The normalized spacial score (nSPS) is 18.2. The lowest BCUT2D eigenvalue weighted by Gasteiger charge is -2.28. The van der Waals surface area contributed by atoms with E-state index >= 15 is 0 Å². The number of aromatic nitrogens is 2. The van der Waals surface area contributed by atoms with Crippen LogP contribution < -0.4 is 0 Å². The molecule has 5 nitrogen and oxygen atoms in total. The summed E-state index contributed by atoms with van der Waals surface area (Å²) < 4.78 is 0. The second-order valence-electron chi connectivity index (χ2n) is 4.49. The molecule has 84 valence electrons. The number of hydrogen-bond acceptors (Lipinski definition) is 3. The molecule has 1 aliphatic rings. The zero-order valence-corrected chi connectivity index (χ0v) is 9.23. The van der Waals surface area contributed by atoms with E-state index in [1.54, 1.807) is 0 Å². The maximum Gasteiger partial charge on any atom is 0.350 e. The molecule has 1 aromatic heterocycles. The van der Waals surface area contributed by atoms with Crippen LogP contribution in [0, 0.1) is 15.5 Å². The van der Waals surface area contributed by atoms with Gasteiger partial charge in [0.2, 0.25) is 0 Å². The molecule has 1 N–H and O–H groups in total. The van der Waals surface area contributed by atoms with Gasteiger partial charge in [0.25, 0.3) is 0 Å². The maximum absolute atomic E-state index is 10.8. The first kappa shape index (κ1) is 10.6. The highest BCUT2D eigenvalue weighted by molar-refractivity contribution is 5.76. The van der Waals surface area contributed by atoms with Gasteiger partial charge in [0, 0.05) is 0 Å². The Kier molecular flexibility index (Phi) is 2.38. The van der Waals surface area contributed by atoms with Crippen molar-refractivity contribution in [3.05, 3.63) is 40.1 Å². The number of nitro groups is 1. The Balaban J connectivity index is 2.51. The monoisotopic (exact) mass is 219 g/mol. The number of nitrogens with one attached hydrogen (secondary N) is 1. The standard InChI is InChI=1S/C11H13N3O2/c1-11(2)6-4-3-5-9(11)8-7-12-13-10(8)14(15)16/h3-5,7H,6H2,1-2H3,(H,12,13). The Morgan fingerprint density at radius 3 is 2.94 bits per heavy atom. The van der Waals surface area contributed by atoms with Crippen molar-refractivity contribution in [1.82, 2.24) is 10.2 Å². The van der Waals surface area contributed by atoms with E-state index in [-0.39, 0.29) is 11.2 Å². The molecule has 0 aliphatic heterocycles. The second kappa shape index (κ2) is 3.59. The van der Waals surface area contributed by atoms with E-state index < -0.39 is 4.92 Å². The van der Waals surface area contributed by atoms with Crippen LogP contribution in [-0.4, -0.2) is 15.1 Å². The van der Waals surface area contributed by atoms with Gasteiger partial charge in [0.15, 0.2) is 0 Å². The lowest BCUT2D eigenvalue weighted by atomic mass is 9.76. The van der Waals surface area contributed by atoms with Gasteiger partial charge in [-0.15, -0.1) is 5.10 Å². The third-order valence-corrected chi connectivity index (χ3v) is 2.85. The van der Waals surface area contributed by atoms with Gasteiger partial charge in [0.1, 0.15) is 0 Å². The van der Waals surface area contributed by atoms with Gasteiger partial charge in [0.05, 0.1) is 11.8 Å². The lowest BCUT2D eigenvalue weighted by Crippen LogP contribution is -2.15. The fourth-order valence-corrected chi connectivity index (χ4v) is 1.93. The van der Waals surface area contributed by atoms with E-state index in [9.17, 15) is 10.1 Å². The summed E-state index contributed by atoms with van der Waals surface area (Å²) in [5.74, 6) is -0.0328. The van der Waals surface area contributed by atoms with E-state index in [1.165, 1.54) is 6.20 Å². The summed E-state index contributed by atoms with van der Waals surface area (Å²) in [7, 11) is 0. The molecule has 0 radical (unpaired) electrons. The van der Waals surface area contributed by atoms with Crippen molar-refractivity contribution in [2.24, 2.45) is 5.41 Å². The molecular formula is C11H13N3O2. The van der Waals surface area contributed by atoms with Crippen LogP contribution in [0.2, 0.25) is 0 Å². The molecule has 2 rings (SSSR count). The topological polar surface area (TPSA) is 71.8 Å². The summed E-state index contributed by atoms with van der Waals surface area (Å²) in [5.41, 5.74) is 1.44. The summed E-state index contributed by atoms with van der Waals surface area (Å²) >= 11 is 0. The molecule has 0 saturated heterocycles. The quantitative estimate of drug-likeness (QED) is 0.614. The van der Waals surface area contributed by atoms with E-state index in [4.69, 9.17) is 0 Å². The first-order valence-corrected chi connectivity index (χ1v) is 5.08. The highest BCUT2D eigenvalue weighted by atomic mass is 16.6. The maximum atomic E-state index is 10.8. The van der Waals surface area contributed by atoms with Gasteiger partial charge in [-0.3, -0.25) is 0 Å². The summed E-state index contributed by atoms with van der Waals surface area (Å²) in [6, 6.07) is 0. The van der Waals surface area contributed by atoms with Crippen molar-refractivity contribution < 1.29 is 4.92 Å². The third kappa shape index (κ3) is 1.64. The Bertz CT molecular complexity index is 483. The molecule has 0 bridgehead atoms. The van der Waals surface area contributed by atoms with Crippen molar-refractivity contribution in [3.8, 4) is 0 Å². The minimum Gasteiger partial charge on any atom is -0.358 e. The van der Waals surface area contributed by atoms with E-state index in [0.717, 1.165) is 12.0 Å². The zero-order valence-electron chi connectivity index (χ0n) is 9.23. The molecule has 0 aromatic carbocycles. The van der Waals surface area contributed by atoms with Gasteiger partial charge in [-0.1, -0.05) is 37.2 Å². The molecule has 0 unspecified atom stereocenters. The number of rotatable bonds is 2. The van der Waals surface area contributed by atoms with Gasteiger partial charge >= 0.3 is 5.82 Å². The van der Waals surface area contributed by atoms with Gasteiger partial charge in [-0.05, 0) is 22.3 Å².